The molecule has 168 valence electrons. The number of nitrogens with zero attached hydrogens (tertiary/aromatic N) is 2. The normalized spacial score (nSPS) is 19.9. The predicted molar refractivity (Wildman–Crippen MR) is 113 cm³/mol. The Labute approximate surface area is 182 Å². The van der Waals surface area contributed by atoms with Gasteiger partial charge in [0.05, 0.1) is 13.0 Å². The van der Waals surface area contributed by atoms with Crippen molar-refractivity contribution >= 4 is 23.9 Å². The summed E-state index contributed by atoms with van der Waals surface area (Å²) in [4.78, 5) is 52.3. The van der Waals surface area contributed by atoms with Gasteiger partial charge in [-0.25, -0.2) is 9.59 Å². The molecule has 1 atom stereocenters. The Morgan fingerprint density at radius 2 is 1.77 bits per heavy atom. The van der Waals surface area contributed by atoms with Gasteiger partial charge < -0.3 is 20.3 Å². The Morgan fingerprint density at radius 3 is 2.39 bits per heavy atom. The number of carbonyl (C=O) groups is 4. The van der Waals surface area contributed by atoms with E-state index >= 15 is 0 Å². The molecule has 5 amide bonds. The minimum atomic E-state index is -0.846. The van der Waals surface area contributed by atoms with Gasteiger partial charge in [-0.3, -0.25) is 14.5 Å². The zero-order chi connectivity index (χ0) is 22.6. The Bertz CT molecular complexity index is 828. The Hall–Kier alpha value is -3.10. The monoisotopic (exact) mass is 430 g/mol. The van der Waals surface area contributed by atoms with Crippen LogP contribution in [0.15, 0.2) is 30.3 Å². The van der Waals surface area contributed by atoms with Gasteiger partial charge in [0.2, 0.25) is 5.91 Å². The van der Waals surface area contributed by atoms with Crippen LogP contribution in [0.25, 0.3) is 0 Å². The molecule has 2 heterocycles. The van der Waals surface area contributed by atoms with E-state index in [0.29, 0.717) is 25.9 Å². The summed E-state index contributed by atoms with van der Waals surface area (Å²) in [7, 11) is 0. The minimum absolute atomic E-state index is 0.0620. The van der Waals surface area contributed by atoms with Crippen LogP contribution in [0.4, 0.5) is 9.59 Å². The molecule has 2 fully saturated rings. The molecule has 1 aromatic rings. The van der Waals surface area contributed by atoms with Crippen molar-refractivity contribution in [3.8, 4) is 0 Å². The number of hydrogen-bond acceptors (Lipinski definition) is 5. The molecular weight excluding hydrogens is 400 g/mol. The highest BCUT2D eigenvalue weighted by Gasteiger charge is 2.40. The SMILES string of the molecule is CC(C)(C)OC(=O)NC1CCN(C(=O)CC2NC(=O)N(Cc3ccccc3)C2=O)CC1. The Balaban J connectivity index is 1.46. The topological polar surface area (TPSA) is 108 Å². The van der Waals surface area contributed by atoms with Crippen LogP contribution < -0.4 is 10.6 Å². The van der Waals surface area contributed by atoms with Gasteiger partial charge in [-0.05, 0) is 39.2 Å². The van der Waals surface area contributed by atoms with Crippen molar-refractivity contribution in [2.75, 3.05) is 13.1 Å². The highest BCUT2D eigenvalue weighted by atomic mass is 16.6. The number of benzene rings is 1. The number of hydrogen-bond donors (Lipinski definition) is 2. The summed E-state index contributed by atoms with van der Waals surface area (Å²) in [5.74, 6) is -0.570. The average molecular weight is 431 g/mol. The van der Waals surface area contributed by atoms with Gasteiger partial charge in [-0.15, -0.1) is 0 Å². The van der Waals surface area contributed by atoms with Crippen LogP contribution in [0, 0.1) is 0 Å². The maximum absolute atomic E-state index is 12.7. The first-order valence-corrected chi connectivity index (χ1v) is 10.6. The molecule has 0 bridgehead atoms. The van der Waals surface area contributed by atoms with Gasteiger partial charge in [0.15, 0.2) is 0 Å². The number of carbonyl (C=O) groups excluding carboxylic acids is 4. The smallest absolute Gasteiger partial charge is 0.407 e. The van der Waals surface area contributed by atoms with Gasteiger partial charge in [-0.2, -0.15) is 0 Å². The number of ether oxygens (including phenoxy) is 1. The molecule has 0 aliphatic carbocycles. The van der Waals surface area contributed by atoms with Crippen LogP contribution in [-0.4, -0.2) is 64.5 Å². The molecule has 2 N–H and O–H groups in total. The molecule has 0 spiro atoms. The Morgan fingerprint density at radius 1 is 1.13 bits per heavy atom. The van der Waals surface area contributed by atoms with E-state index in [1.165, 1.54) is 0 Å². The zero-order valence-corrected chi connectivity index (χ0v) is 18.2. The molecule has 2 saturated heterocycles. The molecule has 9 heteroatoms. The number of likely N-dealkylation sites (tertiary alicyclic amines) is 1. The maximum atomic E-state index is 12.7. The van der Waals surface area contributed by atoms with Crippen molar-refractivity contribution in [1.82, 2.24) is 20.4 Å². The number of amides is 5. The molecule has 31 heavy (non-hydrogen) atoms. The maximum Gasteiger partial charge on any atom is 0.407 e. The Kier molecular flexibility index (Phi) is 6.82. The van der Waals surface area contributed by atoms with Crippen molar-refractivity contribution in [1.29, 1.82) is 0 Å². The minimum Gasteiger partial charge on any atom is -0.444 e. The summed E-state index contributed by atoms with van der Waals surface area (Å²) < 4.78 is 5.26. The van der Waals surface area contributed by atoms with E-state index in [4.69, 9.17) is 4.74 Å². The van der Waals surface area contributed by atoms with E-state index in [1.54, 1.807) is 25.7 Å². The van der Waals surface area contributed by atoms with Gasteiger partial charge in [0.1, 0.15) is 11.6 Å². The summed E-state index contributed by atoms with van der Waals surface area (Å²) in [5, 5.41) is 5.45. The van der Waals surface area contributed by atoms with E-state index in [1.807, 2.05) is 30.3 Å². The zero-order valence-electron chi connectivity index (χ0n) is 18.2. The van der Waals surface area contributed by atoms with Gasteiger partial charge in [0, 0.05) is 19.1 Å². The van der Waals surface area contributed by atoms with Crippen LogP contribution >= 0.6 is 0 Å². The highest BCUT2D eigenvalue weighted by Crippen LogP contribution is 2.17. The molecule has 2 aliphatic rings. The summed E-state index contributed by atoms with van der Waals surface area (Å²) >= 11 is 0. The number of nitrogens with one attached hydrogen (secondary N) is 2. The summed E-state index contributed by atoms with van der Waals surface area (Å²) in [6.45, 7) is 6.54. The van der Waals surface area contributed by atoms with Crippen LogP contribution in [0.3, 0.4) is 0 Å². The lowest BCUT2D eigenvalue weighted by Gasteiger charge is -2.33. The molecule has 2 aliphatic heterocycles. The molecule has 3 rings (SSSR count). The molecule has 0 aromatic heterocycles. The van der Waals surface area contributed by atoms with Crippen LogP contribution in [0.5, 0.6) is 0 Å². The standard InChI is InChI=1S/C22H30N4O5/c1-22(2,3)31-21(30)23-16-9-11-25(12-10-16)18(27)13-17-19(28)26(20(29)24-17)14-15-7-5-4-6-8-15/h4-8,16-17H,9-14H2,1-3H3,(H,23,30)(H,24,29). The lowest BCUT2D eigenvalue weighted by Crippen LogP contribution is -2.48. The van der Waals surface area contributed by atoms with Gasteiger partial charge in [0.25, 0.3) is 5.91 Å². The fraction of sp³-hybridized carbons (Fsp3) is 0.545. The first kappa shape index (κ1) is 22.6. The summed E-state index contributed by atoms with van der Waals surface area (Å²) in [5.41, 5.74) is 0.283. The largest absolute Gasteiger partial charge is 0.444 e. The third-order valence-electron chi connectivity index (χ3n) is 5.24. The molecule has 9 nitrogen and oxygen atoms in total. The highest BCUT2D eigenvalue weighted by molar-refractivity contribution is 6.05. The third-order valence-corrected chi connectivity index (χ3v) is 5.24. The fourth-order valence-electron chi connectivity index (χ4n) is 3.68. The van der Waals surface area contributed by atoms with E-state index in [9.17, 15) is 19.2 Å². The van der Waals surface area contributed by atoms with E-state index in [-0.39, 0.29) is 30.8 Å². The van der Waals surface area contributed by atoms with Crippen molar-refractivity contribution in [2.45, 2.75) is 64.3 Å². The van der Waals surface area contributed by atoms with Crippen LogP contribution in [-0.2, 0) is 20.9 Å². The third kappa shape index (κ3) is 6.19. The van der Waals surface area contributed by atoms with Crippen molar-refractivity contribution in [3.05, 3.63) is 35.9 Å². The first-order chi connectivity index (χ1) is 14.6. The molecule has 1 aromatic carbocycles. The molecule has 0 radical (unpaired) electrons. The van der Waals surface area contributed by atoms with Gasteiger partial charge in [-0.1, -0.05) is 30.3 Å². The average Bonchev–Trinajstić information content (AvgIpc) is 2.95. The second-order valence-electron chi connectivity index (χ2n) is 8.92. The number of alkyl carbamates (subject to hydrolysis) is 1. The van der Waals surface area contributed by atoms with Crippen molar-refractivity contribution in [2.24, 2.45) is 0 Å². The lowest BCUT2D eigenvalue weighted by molar-refractivity contribution is -0.136. The van der Waals surface area contributed by atoms with Crippen molar-refractivity contribution in [3.63, 3.8) is 0 Å². The molecule has 1 unspecified atom stereocenters. The number of piperidine rings is 1. The van der Waals surface area contributed by atoms with Crippen molar-refractivity contribution < 1.29 is 23.9 Å². The number of imide groups is 1. The summed E-state index contributed by atoms with van der Waals surface area (Å²) in [6.07, 6.45) is 0.682. The van der Waals surface area contributed by atoms with E-state index < -0.39 is 23.8 Å². The molecule has 0 saturated carbocycles. The van der Waals surface area contributed by atoms with Crippen LogP contribution in [0.2, 0.25) is 0 Å². The molecular formula is C22H30N4O5. The van der Waals surface area contributed by atoms with Crippen LogP contribution in [0.1, 0.15) is 45.6 Å². The lowest BCUT2D eigenvalue weighted by atomic mass is 10.0. The number of rotatable bonds is 5. The predicted octanol–water partition coefficient (Wildman–Crippen LogP) is 2.01. The second-order valence-corrected chi connectivity index (χ2v) is 8.92. The summed E-state index contributed by atoms with van der Waals surface area (Å²) in [6, 6.07) is 7.85. The van der Waals surface area contributed by atoms with Gasteiger partial charge >= 0.3 is 12.1 Å². The second kappa shape index (κ2) is 9.36. The quantitative estimate of drug-likeness (QED) is 0.695. The van der Waals surface area contributed by atoms with E-state index in [2.05, 4.69) is 10.6 Å². The van der Waals surface area contributed by atoms with E-state index in [0.717, 1.165) is 10.5 Å². The first-order valence-electron chi connectivity index (χ1n) is 10.6. The fourth-order valence-corrected chi connectivity index (χ4v) is 3.68. The number of urea groups is 1.